The second kappa shape index (κ2) is 27.4. The molecule has 5 saturated heterocycles. The first kappa shape index (κ1) is 71.6. The lowest BCUT2D eigenvalue weighted by Gasteiger charge is -2.65. The highest BCUT2D eigenvalue weighted by atomic mass is 16.8. The number of fused-ring (bicyclic) bond motifs is 5. The largest absolute Gasteiger partial charge is 0.394 e. The number of hydrogen-bond acceptors (Lipinski definition) is 29. The first-order valence-corrected chi connectivity index (χ1v) is 31.4. The average molecular weight is 1290 g/mol. The molecule has 9 rings (SSSR count). The first-order valence-electron chi connectivity index (χ1n) is 31.4. The van der Waals surface area contributed by atoms with Crippen molar-refractivity contribution >= 4 is 5.78 Å². The third-order valence-electron chi connectivity index (χ3n) is 22.6. The van der Waals surface area contributed by atoms with Crippen LogP contribution < -0.4 is 0 Å². The minimum absolute atomic E-state index is 0.00532. The van der Waals surface area contributed by atoms with Crippen LogP contribution in [-0.2, 0) is 52.2 Å². The van der Waals surface area contributed by atoms with Crippen LogP contribution in [0.25, 0.3) is 0 Å². The fraction of sp³-hybridized carbons (Fsp3) is 0.950. The smallest absolute Gasteiger partial charge is 0.187 e. The molecule has 0 aromatic carbocycles. The van der Waals surface area contributed by atoms with Crippen LogP contribution in [-0.4, -0.2) is 302 Å². The van der Waals surface area contributed by atoms with Gasteiger partial charge in [-0.15, -0.1) is 0 Å². The van der Waals surface area contributed by atoms with E-state index in [1.54, 1.807) is 0 Å². The van der Waals surface area contributed by atoms with Crippen molar-refractivity contribution in [1.82, 2.24) is 0 Å². The second-order valence-corrected chi connectivity index (χ2v) is 28.5. The molecule has 0 spiro atoms. The number of carbonyl (C=O) groups is 1. The van der Waals surface area contributed by atoms with E-state index in [1.807, 2.05) is 13.8 Å². The molecule has 0 aromatic heterocycles. The Hall–Kier alpha value is -1.71. The van der Waals surface area contributed by atoms with Crippen LogP contribution in [0.2, 0.25) is 0 Å². The van der Waals surface area contributed by atoms with E-state index in [4.69, 9.17) is 47.4 Å². The molecule has 0 aromatic rings. The van der Waals surface area contributed by atoms with Crippen LogP contribution in [0, 0.1) is 45.3 Å². The number of carbonyl (C=O) groups excluding carboxylic acids is 1. The minimum atomic E-state index is -1.97. The van der Waals surface area contributed by atoms with Gasteiger partial charge >= 0.3 is 0 Å². The maximum absolute atomic E-state index is 15.4. The van der Waals surface area contributed by atoms with Gasteiger partial charge in [0.2, 0.25) is 0 Å². The number of ketones is 1. The van der Waals surface area contributed by atoms with Gasteiger partial charge in [-0.05, 0) is 93.3 Å². The van der Waals surface area contributed by atoms with Crippen molar-refractivity contribution in [2.45, 2.75) is 278 Å². The molecule has 0 bridgehead atoms. The van der Waals surface area contributed by atoms with E-state index >= 15 is 4.79 Å². The molecular formula is C60H100O29. The number of ether oxygens (including phenoxy) is 10. The molecular weight excluding hydrogens is 1180 g/mol. The van der Waals surface area contributed by atoms with Crippen LogP contribution in [0.3, 0.4) is 0 Å². The Bertz CT molecular complexity index is 2390. The van der Waals surface area contributed by atoms with E-state index < -0.39 is 221 Å². The summed E-state index contributed by atoms with van der Waals surface area (Å²) >= 11 is 0. The number of hydrogen-bond donors (Lipinski definition) is 18. The van der Waals surface area contributed by atoms with Gasteiger partial charge in [-0.25, -0.2) is 0 Å². The Labute approximate surface area is 516 Å². The summed E-state index contributed by atoms with van der Waals surface area (Å²) in [7, 11) is 0. The van der Waals surface area contributed by atoms with E-state index in [1.165, 1.54) is 13.8 Å². The van der Waals surface area contributed by atoms with Crippen LogP contribution >= 0.6 is 0 Å². The Kier molecular flexibility index (Phi) is 22.1. The van der Waals surface area contributed by atoms with Gasteiger partial charge in [0.15, 0.2) is 31.5 Å². The maximum atomic E-state index is 15.4. The molecule has 0 radical (unpaired) electrons. The quantitative estimate of drug-likeness (QED) is 0.0507. The molecule has 1 unspecified atom stereocenters. The Morgan fingerprint density at radius 3 is 1.47 bits per heavy atom. The molecule has 18 N–H and O–H groups in total. The van der Waals surface area contributed by atoms with Gasteiger partial charge < -0.3 is 139 Å². The highest BCUT2D eigenvalue weighted by Gasteiger charge is 2.71. The SMILES string of the molecule is C[C@H](CC[C@@H](O[C@@H]1O[C@H](CO[C@@H]2O[C@H](CO)[C@@H](O)[C@H](O)[C@H]2O)[C@@H](O)[C@H](O)[C@H]1O[C@@H]1O[C@H](CO)[C@@H](O)[C@H](O)[C@H]1O)C(C)(C)O)[C@H]1CC[C@@]2(C)[C@@H]3CC=C4C(CC[C@H](O[C@@H]5O[C@H](CO[C@@H]6O[C@H](CO)[C@@H](O)[C@H](O)[C@H]6O)[C@@H](O)[C@H](O)[C@H]5O)C4(C)C)[C@]3(C)C(=O)C[C@]12C. The van der Waals surface area contributed by atoms with Crippen molar-refractivity contribution in [2.24, 2.45) is 45.3 Å². The molecule has 514 valence electrons. The molecule has 0 amide bonds. The third-order valence-corrected chi connectivity index (χ3v) is 22.6. The fourth-order valence-corrected chi connectivity index (χ4v) is 16.7. The van der Waals surface area contributed by atoms with Crippen LogP contribution in [0.1, 0.15) is 107 Å². The summed E-state index contributed by atoms with van der Waals surface area (Å²) in [6, 6.07) is 0. The predicted octanol–water partition coefficient (Wildman–Crippen LogP) is -5.20. The van der Waals surface area contributed by atoms with Crippen molar-refractivity contribution < 1.29 is 144 Å². The van der Waals surface area contributed by atoms with Gasteiger partial charge in [0.05, 0.1) is 50.8 Å². The van der Waals surface area contributed by atoms with E-state index in [0.717, 1.165) is 18.4 Å². The van der Waals surface area contributed by atoms with E-state index in [2.05, 4.69) is 33.8 Å². The van der Waals surface area contributed by atoms with Crippen molar-refractivity contribution in [2.75, 3.05) is 33.0 Å². The molecule has 89 heavy (non-hydrogen) atoms. The Morgan fingerprint density at radius 1 is 0.539 bits per heavy atom. The number of rotatable bonds is 20. The summed E-state index contributed by atoms with van der Waals surface area (Å²) in [6.45, 7) is 12.2. The molecule has 5 aliphatic heterocycles. The Morgan fingerprint density at radius 2 is 0.978 bits per heavy atom. The zero-order valence-electron chi connectivity index (χ0n) is 51.7. The van der Waals surface area contributed by atoms with Gasteiger partial charge in [0.1, 0.15) is 128 Å². The number of aliphatic hydroxyl groups excluding tert-OH is 17. The van der Waals surface area contributed by atoms with E-state index in [9.17, 15) is 91.9 Å². The monoisotopic (exact) mass is 1280 g/mol. The molecule has 4 aliphatic carbocycles. The molecule has 5 heterocycles. The van der Waals surface area contributed by atoms with Gasteiger partial charge in [0, 0.05) is 17.3 Å². The van der Waals surface area contributed by atoms with E-state index in [0.29, 0.717) is 25.7 Å². The highest BCUT2D eigenvalue weighted by molar-refractivity contribution is 5.88. The molecule has 29 heteroatoms. The molecule has 9 aliphatic rings. The summed E-state index contributed by atoms with van der Waals surface area (Å²) in [4.78, 5) is 15.4. The summed E-state index contributed by atoms with van der Waals surface area (Å²) in [6.07, 6.45) is -37.4. The minimum Gasteiger partial charge on any atom is -0.394 e. The van der Waals surface area contributed by atoms with Crippen molar-refractivity contribution in [1.29, 1.82) is 0 Å². The third kappa shape index (κ3) is 13.0. The predicted molar refractivity (Wildman–Crippen MR) is 299 cm³/mol. The zero-order valence-corrected chi connectivity index (χ0v) is 51.7. The van der Waals surface area contributed by atoms with Crippen molar-refractivity contribution in [3.05, 3.63) is 11.6 Å². The van der Waals surface area contributed by atoms with E-state index in [-0.39, 0.29) is 47.7 Å². The summed E-state index contributed by atoms with van der Waals surface area (Å²) < 4.78 is 59.2. The first-order chi connectivity index (χ1) is 41.6. The highest BCUT2D eigenvalue weighted by Crippen LogP contribution is 2.74. The van der Waals surface area contributed by atoms with Crippen LogP contribution in [0.15, 0.2) is 11.6 Å². The molecule has 29 nitrogen and oxygen atoms in total. The van der Waals surface area contributed by atoms with Crippen LogP contribution in [0.4, 0.5) is 0 Å². The zero-order chi connectivity index (χ0) is 65.5. The molecule has 8 fully saturated rings. The summed E-state index contributed by atoms with van der Waals surface area (Å²) in [5.41, 5.74) is -2.96. The lowest BCUT2D eigenvalue weighted by Crippen LogP contribution is -2.65. The molecule has 34 atom stereocenters. The van der Waals surface area contributed by atoms with Gasteiger partial charge in [-0.3, -0.25) is 4.79 Å². The van der Waals surface area contributed by atoms with Gasteiger partial charge in [0.25, 0.3) is 0 Å². The molecule has 3 saturated carbocycles. The van der Waals surface area contributed by atoms with Gasteiger partial charge in [-0.1, -0.05) is 53.2 Å². The number of allylic oxidation sites excluding steroid dienone is 1. The summed E-state index contributed by atoms with van der Waals surface area (Å²) in [5.74, 6) is -0.178. The standard InChI is InChI=1S/C60H100O29/c1-23(9-13-35(57(4,5)79)88-55-50(89-54-49(78)43(72)38(67)29(20-63)84-54)45(74)40(69)31(86-55)22-81-52-47(76)42(71)37(66)28(19-62)83-52)24-15-16-58(6)32-12-10-25-26(60(32,8)33(64)17-59(24,58)7)11-14-34(56(25,2)3)87-53-48(77)44(73)39(68)30(85-53)21-80-51-46(75)41(70)36(65)27(18-61)82-51/h10,23-24,26-32,34-55,61-63,65-79H,9,11-22H2,1-8H3/t23-,24-,26?,27-,28-,29-,30-,31-,32+,34+,35-,36-,37-,38-,39-,40-,41+,42+,43+,44+,45+,46-,47-,48-,49-,50-,51-,52-,53+,54+,55+,58+,59-,60+/m1/s1. The second-order valence-electron chi connectivity index (χ2n) is 28.5. The average Bonchev–Trinajstić information content (AvgIpc) is 1.66. The van der Waals surface area contributed by atoms with Gasteiger partial charge in [-0.2, -0.15) is 0 Å². The van der Waals surface area contributed by atoms with Crippen molar-refractivity contribution in [3.8, 4) is 0 Å². The van der Waals surface area contributed by atoms with Crippen LogP contribution in [0.5, 0.6) is 0 Å². The number of aliphatic hydroxyl groups is 18. The normalized spacial score (nSPS) is 51.0. The fourth-order valence-electron chi connectivity index (χ4n) is 16.7. The lowest BCUT2D eigenvalue weighted by molar-refractivity contribution is -0.380. The summed E-state index contributed by atoms with van der Waals surface area (Å²) in [5, 5.41) is 192. The number of Topliss-reactive ketones (excluding diaryl/α,β-unsaturated/α-hetero) is 1. The van der Waals surface area contributed by atoms with Crippen molar-refractivity contribution in [3.63, 3.8) is 0 Å². The lowest BCUT2D eigenvalue weighted by atomic mass is 9.38. The topological polar surface area (TPSA) is 474 Å². The maximum Gasteiger partial charge on any atom is 0.187 e. The Balaban J connectivity index is 0.884.